The summed E-state index contributed by atoms with van der Waals surface area (Å²) in [4.78, 5) is 4.90. The summed E-state index contributed by atoms with van der Waals surface area (Å²) in [7, 11) is 0. The van der Waals surface area contributed by atoms with Crippen molar-refractivity contribution in [1.29, 1.82) is 0 Å². The number of para-hydroxylation sites is 1. The van der Waals surface area contributed by atoms with Gasteiger partial charge in [0.05, 0.1) is 39.8 Å². The molecule has 0 radical (unpaired) electrons. The maximum absolute atomic E-state index is 6.84. The van der Waals surface area contributed by atoms with E-state index in [1.165, 1.54) is 27.0 Å². The van der Waals surface area contributed by atoms with E-state index < -0.39 is 0 Å². The van der Waals surface area contributed by atoms with E-state index in [2.05, 4.69) is 135 Å². The minimum atomic E-state index is -0.0700. The third kappa shape index (κ3) is 6.76. The Hall–Kier alpha value is -2.96. The lowest BCUT2D eigenvalue weighted by atomic mass is 9.89. The second-order valence-corrected chi connectivity index (χ2v) is 13.4. The van der Waals surface area contributed by atoms with E-state index in [0.717, 1.165) is 23.4 Å². The zero-order chi connectivity index (χ0) is 28.0. The van der Waals surface area contributed by atoms with E-state index in [9.17, 15) is 0 Å². The highest BCUT2D eigenvalue weighted by molar-refractivity contribution is 8.00. The number of fused-ring (bicyclic) bond motifs is 1. The van der Waals surface area contributed by atoms with Crippen molar-refractivity contribution in [3.05, 3.63) is 136 Å². The van der Waals surface area contributed by atoms with Crippen LogP contribution in [0.1, 0.15) is 52.8 Å². The van der Waals surface area contributed by atoms with Gasteiger partial charge in [-0.1, -0.05) is 111 Å². The molecule has 1 fully saturated rings. The van der Waals surface area contributed by atoms with Crippen molar-refractivity contribution >= 4 is 33.3 Å². The van der Waals surface area contributed by atoms with Crippen LogP contribution in [0.5, 0.6) is 0 Å². The number of hydrogen-bond acceptors (Lipinski definition) is 5. The summed E-state index contributed by atoms with van der Waals surface area (Å²) < 4.78 is 14.9. The third-order valence-corrected chi connectivity index (χ3v) is 11.0. The molecule has 1 aromatic heterocycles. The molecule has 1 aliphatic heterocycles. The van der Waals surface area contributed by atoms with Crippen LogP contribution in [-0.2, 0) is 29.1 Å². The summed E-state index contributed by atoms with van der Waals surface area (Å²) in [5.41, 5.74) is 6.07. The van der Waals surface area contributed by atoms with Gasteiger partial charge in [-0.05, 0) is 46.7 Å². The monoisotopic (exact) mass is 579 g/mol. The van der Waals surface area contributed by atoms with Crippen LogP contribution in [0.2, 0.25) is 0 Å². The average Bonchev–Trinajstić information content (AvgIpc) is 3.43. The molecule has 0 bridgehead atoms. The zero-order valence-electron chi connectivity index (χ0n) is 23.7. The van der Waals surface area contributed by atoms with E-state index in [4.69, 9.17) is 14.5 Å². The van der Waals surface area contributed by atoms with Crippen LogP contribution >= 0.6 is 23.1 Å². The smallest absolute Gasteiger partial charge is 0.100 e. The Bertz CT molecular complexity index is 1500. The Labute approximate surface area is 252 Å². The first-order valence-electron chi connectivity index (χ1n) is 14.6. The lowest BCUT2D eigenvalue weighted by molar-refractivity contribution is -0.112. The van der Waals surface area contributed by atoms with Gasteiger partial charge in [0.25, 0.3) is 0 Å². The minimum Gasteiger partial charge on any atom is -0.370 e. The van der Waals surface area contributed by atoms with Gasteiger partial charge in [0.15, 0.2) is 0 Å². The summed E-state index contributed by atoms with van der Waals surface area (Å²) in [5.74, 6) is 0.372. The Morgan fingerprint density at radius 2 is 1.34 bits per heavy atom. The maximum Gasteiger partial charge on any atom is 0.100 e. The second kappa shape index (κ2) is 13.3. The predicted octanol–water partition coefficient (Wildman–Crippen LogP) is 9.26. The number of ether oxygens (including phenoxy) is 2. The van der Waals surface area contributed by atoms with Gasteiger partial charge in [0, 0.05) is 11.7 Å². The summed E-state index contributed by atoms with van der Waals surface area (Å²) in [6, 6.07) is 38.5. The Morgan fingerprint density at radius 3 is 2.02 bits per heavy atom. The van der Waals surface area contributed by atoms with Crippen molar-refractivity contribution in [2.45, 2.75) is 62.6 Å². The van der Waals surface area contributed by atoms with Crippen molar-refractivity contribution in [3.8, 4) is 0 Å². The van der Waals surface area contributed by atoms with E-state index in [1.807, 2.05) is 0 Å². The second-order valence-electron chi connectivity index (χ2n) is 10.9. The van der Waals surface area contributed by atoms with Crippen LogP contribution in [0.15, 0.2) is 109 Å². The first kappa shape index (κ1) is 28.2. The molecule has 1 saturated heterocycles. The van der Waals surface area contributed by atoms with Gasteiger partial charge < -0.3 is 9.47 Å². The van der Waals surface area contributed by atoms with E-state index >= 15 is 0 Å². The lowest BCUT2D eigenvalue weighted by Crippen LogP contribution is -2.48. The molecule has 0 spiro atoms. The van der Waals surface area contributed by atoms with Gasteiger partial charge >= 0.3 is 0 Å². The first-order valence-corrected chi connectivity index (χ1v) is 16.3. The van der Waals surface area contributed by atoms with Crippen molar-refractivity contribution < 1.29 is 9.47 Å². The fourth-order valence-electron chi connectivity index (χ4n) is 5.82. The standard InChI is InChI=1S/C36H37NO2S2/c1-3-31-25(2)34(38-23-26-13-6-4-7-14-26)35(39-24-27-15-8-5-9-16-27)36(41-31)29-18-12-17-28(21-29)22-33-37-30-19-10-11-20-32(30)40-33/h4-21,25,31,34-36H,3,22-24H2,1-2H3/t25-,31-,34+,35-,36+/m1/s1. The molecule has 2 heterocycles. The molecule has 0 aliphatic carbocycles. The van der Waals surface area contributed by atoms with Gasteiger partial charge in [0.2, 0.25) is 0 Å². The average molecular weight is 580 g/mol. The quantitative estimate of drug-likeness (QED) is 0.165. The van der Waals surface area contributed by atoms with Crippen molar-refractivity contribution in [2.75, 3.05) is 0 Å². The Morgan fingerprint density at radius 1 is 0.707 bits per heavy atom. The van der Waals surface area contributed by atoms with E-state index in [-0.39, 0.29) is 17.5 Å². The number of nitrogens with zero attached hydrogens (tertiary/aromatic N) is 1. The number of thioether (sulfide) groups is 1. The summed E-state index contributed by atoms with van der Waals surface area (Å²) in [6.07, 6.45) is 1.86. The third-order valence-electron chi connectivity index (χ3n) is 7.99. The maximum atomic E-state index is 6.84. The van der Waals surface area contributed by atoms with Gasteiger partial charge in [0.1, 0.15) is 6.10 Å². The zero-order valence-corrected chi connectivity index (χ0v) is 25.3. The fourth-order valence-corrected chi connectivity index (χ4v) is 8.49. The fraction of sp³-hybridized carbons (Fsp3) is 0.306. The van der Waals surface area contributed by atoms with Crippen LogP contribution in [0, 0.1) is 5.92 Å². The SMILES string of the molecule is CC[C@H]1S[C@@H](c2cccc(Cc3nc4ccccc4s3)c2)[C@H](OCc2ccccc2)[C@@H](OCc2ccccc2)[C@@H]1C. The largest absolute Gasteiger partial charge is 0.370 e. The number of aromatic nitrogens is 1. The molecule has 6 rings (SSSR count). The van der Waals surface area contributed by atoms with E-state index in [0.29, 0.717) is 24.4 Å². The number of thiazole rings is 1. The number of rotatable bonds is 10. The molecule has 0 unspecified atom stereocenters. The molecular formula is C36H37NO2S2. The molecule has 210 valence electrons. The number of benzene rings is 4. The minimum absolute atomic E-state index is 0.0111. The van der Waals surface area contributed by atoms with Gasteiger partial charge in [-0.25, -0.2) is 4.98 Å². The lowest BCUT2D eigenvalue weighted by Gasteiger charge is -2.45. The topological polar surface area (TPSA) is 31.4 Å². The van der Waals surface area contributed by atoms with Gasteiger partial charge in [-0.3, -0.25) is 0 Å². The summed E-state index contributed by atoms with van der Waals surface area (Å²) in [5, 5.41) is 1.82. The summed E-state index contributed by atoms with van der Waals surface area (Å²) >= 11 is 3.85. The molecule has 41 heavy (non-hydrogen) atoms. The van der Waals surface area contributed by atoms with Crippen molar-refractivity contribution in [3.63, 3.8) is 0 Å². The predicted molar refractivity (Wildman–Crippen MR) is 172 cm³/mol. The molecule has 1 aliphatic rings. The molecule has 5 aromatic rings. The highest BCUT2D eigenvalue weighted by Gasteiger charge is 2.45. The summed E-state index contributed by atoms with van der Waals surface area (Å²) in [6.45, 7) is 5.80. The number of hydrogen-bond donors (Lipinski definition) is 0. The molecule has 0 saturated carbocycles. The van der Waals surface area contributed by atoms with Crippen molar-refractivity contribution in [1.82, 2.24) is 4.98 Å². The van der Waals surface area contributed by atoms with Crippen LogP contribution in [0.3, 0.4) is 0 Å². The highest BCUT2D eigenvalue weighted by atomic mass is 32.2. The molecule has 0 amide bonds. The van der Waals surface area contributed by atoms with Crippen molar-refractivity contribution in [2.24, 2.45) is 5.92 Å². The van der Waals surface area contributed by atoms with Crippen LogP contribution in [0.4, 0.5) is 0 Å². The molecule has 0 N–H and O–H groups in total. The van der Waals surface area contributed by atoms with E-state index in [1.54, 1.807) is 11.3 Å². The highest BCUT2D eigenvalue weighted by Crippen LogP contribution is 2.49. The van der Waals surface area contributed by atoms with Gasteiger partial charge in [-0.15, -0.1) is 23.1 Å². The first-order chi connectivity index (χ1) is 20.2. The van der Waals surface area contributed by atoms with Crippen LogP contribution < -0.4 is 0 Å². The molecule has 5 heteroatoms. The normalized spacial score (nSPS) is 22.6. The Kier molecular flexibility index (Phi) is 9.17. The molecule has 3 nitrogen and oxygen atoms in total. The molecule has 4 aromatic carbocycles. The van der Waals surface area contributed by atoms with Crippen LogP contribution in [-0.4, -0.2) is 22.4 Å². The molecular weight excluding hydrogens is 543 g/mol. The Balaban J connectivity index is 1.29. The van der Waals surface area contributed by atoms with Gasteiger partial charge in [-0.2, -0.15) is 0 Å². The van der Waals surface area contributed by atoms with Crippen LogP contribution in [0.25, 0.3) is 10.2 Å². The molecule has 5 atom stereocenters.